The molecule has 126 valence electrons. The second kappa shape index (κ2) is 5.94. The minimum atomic E-state index is -1.77. The van der Waals surface area contributed by atoms with Gasteiger partial charge >= 0.3 is 7.12 Å². The number of para-hydroxylation sites is 1. The van der Waals surface area contributed by atoms with Gasteiger partial charge in [0.25, 0.3) is 0 Å². The number of hydrogen-bond donors (Lipinski definition) is 3. The predicted molar refractivity (Wildman–Crippen MR) is 101 cm³/mol. The molecule has 0 amide bonds. The fourth-order valence-corrected chi connectivity index (χ4v) is 3.40. The first-order chi connectivity index (χ1) is 13.3. The molecule has 0 bridgehead atoms. The molecule has 1 aliphatic carbocycles. The van der Waals surface area contributed by atoms with E-state index in [2.05, 4.69) is 33.0 Å². The molecular formula is C20H26BNO2. The van der Waals surface area contributed by atoms with Gasteiger partial charge in [0.2, 0.25) is 0 Å². The van der Waals surface area contributed by atoms with Gasteiger partial charge in [0, 0.05) is 16.8 Å². The van der Waals surface area contributed by atoms with E-state index in [-0.39, 0.29) is 34.1 Å². The average Bonchev–Trinajstić information content (AvgIpc) is 2.65. The number of fused-ring (bicyclic) bond motifs is 1. The summed E-state index contributed by atoms with van der Waals surface area (Å²) < 4.78 is 39.7. The Bertz CT molecular complexity index is 963. The van der Waals surface area contributed by atoms with Gasteiger partial charge in [-0.1, -0.05) is 51.9 Å². The monoisotopic (exact) mass is 328 g/mol. The van der Waals surface area contributed by atoms with Gasteiger partial charge in [-0.05, 0) is 52.9 Å². The maximum Gasteiger partial charge on any atom is 0.490 e. The number of nitrogens with one attached hydrogen (secondary N) is 1. The second-order valence-corrected chi connectivity index (χ2v) is 7.75. The van der Waals surface area contributed by atoms with Crippen molar-refractivity contribution in [2.75, 3.05) is 5.32 Å². The summed E-state index contributed by atoms with van der Waals surface area (Å²) in [7, 11) is -1.77. The van der Waals surface area contributed by atoms with E-state index in [1.807, 2.05) is 6.07 Å². The van der Waals surface area contributed by atoms with Gasteiger partial charge < -0.3 is 15.4 Å². The molecule has 2 aromatic carbocycles. The predicted octanol–water partition coefficient (Wildman–Crippen LogP) is 3.46. The molecule has 0 unspecified atom stereocenters. The third kappa shape index (κ3) is 3.08. The summed E-state index contributed by atoms with van der Waals surface area (Å²) in [6.45, 7) is 8.50. The Labute approximate surface area is 151 Å². The zero-order valence-electron chi connectivity index (χ0n) is 19.5. The zero-order valence-corrected chi connectivity index (χ0v) is 14.5. The Morgan fingerprint density at radius 3 is 2.04 bits per heavy atom. The van der Waals surface area contributed by atoms with Crippen molar-refractivity contribution in [3.63, 3.8) is 0 Å². The minimum Gasteiger partial charge on any atom is -0.423 e. The van der Waals surface area contributed by atoms with Crippen molar-refractivity contribution in [2.24, 2.45) is 0 Å². The summed E-state index contributed by atoms with van der Waals surface area (Å²) in [5, 5.41) is 22.9. The van der Waals surface area contributed by atoms with Crippen LogP contribution in [0.2, 0.25) is 0 Å². The van der Waals surface area contributed by atoms with E-state index in [4.69, 9.17) is 6.85 Å². The molecule has 24 heavy (non-hydrogen) atoms. The lowest BCUT2D eigenvalue weighted by Gasteiger charge is -2.42. The van der Waals surface area contributed by atoms with Crippen molar-refractivity contribution >= 4 is 24.0 Å². The van der Waals surface area contributed by atoms with E-state index in [1.54, 1.807) is 6.07 Å². The van der Waals surface area contributed by atoms with Crippen LogP contribution in [0.4, 0.5) is 11.4 Å². The Morgan fingerprint density at radius 2 is 1.50 bits per heavy atom. The largest absolute Gasteiger partial charge is 0.490 e. The molecule has 0 fully saturated rings. The molecule has 3 nitrogen and oxygen atoms in total. The molecule has 0 radical (unpaired) electrons. The van der Waals surface area contributed by atoms with Crippen LogP contribution in [0.25, 0.3) is 0 Å². The van der Waals surface area contributed by atoms with Crippen molar-refractivity contribution in [3.05, 3.63) is 53.5 Å². The van der Waals surface area contributed by atoms with E-state index in [1.165, 1.54) is 0 Å². The molecule has 3 N–H and O–H groups in total. The van der Waals surface area contributed by atoms with Crippen LogP contribution < -0.4 is 10.8 Å². The highest BCUT2D eigenvalue weighted by molar-refractivity contribution is 6.60. The summed E-state index contributed by atoms with van der Waals surface area (Å²) >= 11 is 0. The first-order valence-corrected chi connectivity index (χ1v) is 8.17. The molecule has 0 saturated heterocycles. The van der Waals surface area contributed by atoms with Crippen LogP contribution in [0.3, 0.4) is 0 Å². The molecule has 0 spiro atoms. The summed E-state index contributed by atoms with van der Waals surface area (Å²) in [6.07, 6.45) is 1.92. The maximum absolute atomic E-state index is 9.99. The van der Waals surface area contributed by atoms with Crippen molar-refractivity contribution in [1.29, 1.82) is 0 Å². The van der Waals surface area contributed by atoms with Gasteiger partial charge in [-0.2, -0.15) is 0 Å². The van der Waals surface area contributed by atoms with Gasteiger partial charge in [0.1, 0.15) is 0 Å². The van der Waals surface area contributed by atoms with Crippen LogP contribution in [0.1, 0.15) is 58.5 Å². The van der Waals surface area contributed by atoms with E-state index >= 15 is 0 Å². The van der Waals surface area contributed by atoms with Crippen LogP contribution in [0, 0.1) is 0 Å². The lowest BCUT2D eigenvalue weighted by Crippen LogP contribution is -2.39. The van der Waals surface area contributed by atoms with Gasteiger partial charge in [-0.15, -0.1) is 0 Å². The fraction of sp³-hybridized carbons (Fsp3) is 0.400. The third-order valence-corrected chi connectivity index (χ3v) is 5.06. The highest BCUT2D eigenvalue weighted by Gasteiger charge is 2.38. The molecule has 1 aliphatic rings. The van der Waals surface area contributed by atoms with E-state index in [0.29, 0.717) is 5.69 Å². The lowest BCUT2D eigenvalue weighted by atomic mass is 9.61. The highest BCUT2D eigenvalue weighted by atomic mass is 16.4. The summed E-state index contributed by atoms with van der Waals surface area (Å²) in [5.41, 5.74) is 2.25. The van der Waals surface area contributed by atoms with Crippen molar-refractivity contribution in [2.45, 2.75) is 51.4 Å². The molecule has 0 aromatic heterocycles. The van der Waals surface area contributed by atoms with Gasteiger partial charge in [-0.25, -0.2) is 0 Å². The molecule has 0 aliphatic heterocycles. The Morgan fingerprint density at radius 1 is 0.958 bits per heavy atom. The van der Waals surface area contributed by atoms with Crippen molar-refractivity contribution < 1.29 is 16.9 Å². The van der Waals surface area contributed by atoms with Crippen molar-refractivity contribution in [3.8, 4) is 0 Å². The SMILES string of the molecule is [2H]c1c([2H])c([2H])c(Nc2cc3c(cc2B(O)O)C(C)(C)CCC3(C)C)c([2H])c1[2H]. The molecular weight excluding hydrogens is 297 g/mol. The van der Waals surface area contributed by atoms with E-state index in [0.717, 1.165) is 24.0 Å². The Kier molecular flexibility index (Phi) is 2.90. The maximum atomic E-state index is 9.99. The highest BCUT2D eigenvalue weighted by Crippen LogP contribution is 2.46. The van der Waals surface area contributed by atoms with Crippen LogP contribution in [0.15, 0.2) is 42.3 Å². The summed E-state index contributed by atoms with van der Waals surface area (Å²) in [6, 6.07) is 1.49. The topological polar surface area (TPSA) is 52.5 Å². The lowest BCUT2D eigenvalue weighted by molar-refractivity contribution is 0.332. The van der Waals surface area contributed by atoms with Gasteiger partial charge in [-0.3, -0.25) is 0 Å². The fourth-order valence-electron chi connectivity index (χ4n) is 3.40. The molecule has 4 heteroatoms. The third-order valence-electron chi connectivity index (χ3n) is 5.06. The Balaban J connectivity index is 2.24. The van der Waals surface area contributed by atoms with Crippen LogP contribution in [-0.2, 0) is 10.8 Å². The first-order valence-electron chi connectivity index (χ1n) is 10.7. The molecule has 2 aromatic rings. The normalized spacial score (nSPS) is 20.8. The number of anilines is 2. The molecule has 0 saturated carbocycles. The van der Waals surface area contributed by atoms with Gasteiger partial charge in [0.05, 0.1) is 6.85 Å². The standard InChI is InChI=1S/C20H26BNO2/c1-19(2)10-11-20(3,4)16-13-18(17(21(23)24)12-15(16)19)22-14-8-6-5-7-9-14/h5-9,12-13,22-24H,10-11H2,1-4H3/i5D,6D,7D,8D,9D. The minimum absolute atomic E-state index is 0.0919. The van der Waals surface area contributed by atoms with Gasteiger partial charge in [0.15, 0.2) is 0 Å². The van der Waals surface area contributed by atoms with Crippen LogP contribution >= 0.6 is 0 Å². The molecule has 3 rings (SSSR count). The van der Waals surface area contributed by atoms with Crippen LogP contribution in [0.5, 0.6) is 0 Å². The first kappa shape index (κ1) is 11.7. The molecule has 0 atom stereocenters. The van der Waals surface area contributed by atoms with E-state index < -0.39 is 25.2 Å². The number of hydrogen-bond acceptors (Lipinski definition) is 3. The summed E-state index contributed by atoms with van der Waals surface area (Å²) in [4.78, 5) is 0. The Hall–Kier alpha value is -1.78. The van der Waals surface area contributed by atoms with Crippen LogP contribution in [-0.4, -0.2) is 17.2 Å². The number of rotatable bonds is 3. The summed E-state index contributed by atoms with van der Waals surface area (Å²) in [5.74, 6) is 0. The second-order valence-electron chi connectivity index (χ2n) is 7.75. The number of benzene rings is 2. The quantitative estimate of drug-likeness (QED) is 0.757. The average molecular weight is 328 g/mol. The van der Waals surface area contributed by atoms with E-state index in [9.17, 15) is 10.0 Å². The molecule has 0 heterocycles. The smallest absolute Gasteiger partial charge is 0.423 e. The van der Waals surface area contributed by atoms with Crippen molar-refractivity contribution in [1.82, 2.24) is 0 Å². The zero-order chi connectivity index (χ0) is 21.9.